The standard InChI is InChI=1S/C31H20N2S3/c1-3-10-20(11-4-1)25-27-30(24-16-9-19-36-24)32-29(23-15-8-18-35-23)26(21-12-5-2-6-13-21)31(27)33-28(25)22-14-7-17-34-22/h1-19,33H. The van der Waals surface area contributed by atoms with Crippen LogP contribution in [-0.2, 0) is 0 Å². The number of aromatic amines is 1. The molecule has 0 spiro atoms. The van der Waals surface area contributed by atoms with Crippen molar-refractivity contribution in [3.8, 4) is 54.0 Å². The van der Waals surface area contributed by atoms with Crippen molar-refractivity contribution in [2.45, 2.75) is 0 Å². The van der Waals surface area contributed by atoms with Crippen molar-refractivity contribution in [2.75, 3.05) is 0 Å². The molecule has 0 aliphatic heterocycles. The largest absolute Gasteiger partial charge is 0.353 e. The summed E-state index contributed by atoms with van der Waals surface area (Å²) in [6.07, 6.45) is 0. The topological polar surface area (TPSA) is 28.7 Å². The summed E-state index contributed by atoms with van der Waals surface area (Å²) >= 11 is 5.23. The first-order valence-corrected chi connectivity index (χ1v) is 14.3. The minimum absolute atomic E-state index is 1.02. The first-order chi connectivity index (χ1) is 17.9. The van der Waals surface area contributed by atoms with Crippen LogP contribution in [0.25, 0.3) is 64.9 Å². The zero-order valence-electron chi connectivity index (χ0n) is 19.1. The van der Waals surface area contributed by atoms with Gasteiger partial charge in [0, 0.05) is 16.5 Å². The molecule has 5 aromatic heterocycles. The van der Waals surface area contributed by atoms with E-state index in [1.807, 2.05) is 0 Å². The minimum atomic E-state index is 1.02. The van der Waals surface area contributed by atoms with Crippen molar-refractivity contribution >= 4 is 44.9 Å². The van der Waals surface area contributed by atoms with Crippen LogP contribution in [0.1, 0.15) is 0 Å². The maximum absolute atomic E-state index is 5.45. The number of hydrogen-bond acceptors (Lipinski definition) is 4. The molecule has 1 N–H and O–H groups in total. The van der Waals surface area contributed by atoms with Gasteiger partial charge in [0.1, 0.15) is 0 Å². The van der Waals surface area contributed by atoms with E-state index >= 15 is 0 Å². The van der Waals surface area contributed by atoms with Crippen LogP contribution < -0.4 is 0 Å². The fourth-order valence-electron chi connectivity index (χ4n) is 4.83. The van der Waals surface area contributed by atoms with E-state index in [2.05, 4.69) is 118 Å². The molecule has 5 heterocycles. The number of pyridine rings is 1. The molecule has 36 heavy (non-hydrogen) atoms. The molecule has 0 radical (unpaired) electrons. The molecule has 0 aliphatic rings. The van der Waals surface area contributed by atoms with E-state index in [4.69, 9.17) is 4.98 Å². The molecule has 0 saturated carbocycles. The number of fused-ring (bicyclic) bond motifs is 1. The maximum atomic E-state index is 5.45. The molecule has 2 nitrogen and oxygen atoms in total. The monoisotopic (exact) mass is 516 g/mol. The van der Waals surface area contributed by atoms with Crippen LogP contribution in [0.4, 0.5) is 0 Å². The Labute approximate surface area is 221 Å². The van der Waals surface area contributed by atoms with Gasteiger partial charge in [0.05, 0.1) is 37.2 Å². The van der Waals surface area contributed by atoms with Crippen molar-refractivity contribution in [3.05, 3.63) is 113 Å². The fourth-order valence-corrected chi connectivity index (χ4v) is 7.01. The van der Waals surface area contributed by atoms with Crippen LogP contribution in [0.5, 0.6) is 0 Å². The van der Waals surface area contributed by atoms with Gasteiger partial charge in [-0.15, -0.1) is 34.0 Å². The number of thiophene rings is 3. The highest BCUT2D eigenvalue weighted by molar-refractivity contribution is 7.14. The summed E-state index contributed by atoms with van der Waals surface area (Å²) in [5.74, 6) is 0. The lowest BCUT2D eigenvalue weighted by Crippen LogP contribution is -1.94. The summed E-state index contributed by atoms with van der Waals surface area (Å²) in [5.41, 5.74) is 9.03. The quantitative estimate of drug-likeness (QED) is 0.242. The third kappa shape index (κ3) is 3.56. The summed E-state index contributed by atoms with van der Waals surface area (Å²) in [7, 11) is 0. The normalized spacial score (nSPS) is 11.3. The Kier molecular flexibility index (Phi) is 5.39. The number of H-pyrrole nitrogens is 1. The number of nitrogens with one attached hydrogen (secondary N) is 1. The molecule has 0 fully saturated rings. The van der Waals surface area contributed by atoms with Gasteiger partial charge in [0.25, 0.3) is 0 Å². The Morgan fingerprint density at radius 2 is 1.03 bits per heavy atom. The fraction of sp³-hybridized carbons (Fsp3) is 0. The maximum Gasteiger partial charge on any atom is 0.0910 e. The Bertz CT molecular complexity index is 1750. The lowest BCUT2D eigenvalue weighted by Gasteiger charge is -2.14. The number of rotatable bonds is 5. The molecular formula is C31H20N2S3. The second-order valence-electron chi connectivity index (χ2n) is 8.47. The van der Waals surface area contributed by atoms with E-state index in [1.54, 1.807) is 34.0 Å². The van der Waals surface area contributed by atoms with Crippen molar-refractivity contribution in [2.24, 2.45) is 0 Å². The van der Waals surface area contributed by atoms with Gasteiger partial charge in [0.2, 0.25) is 0 Å². The van der Waals surface area contributed by atoms with Crippen LogP contribution in [0.2, 0.25) is 0 Å². The highest BCUT2D eigenvalue weighted by Crippen LogP contribution is 2.49. The molecule has 0 saturated heterocycles. The molecule has 7 rings (SSSR count). The van der Waals surface area contributed by atoms with E-state index in [0.29, 0.717) is 0 Å². The zero-order valence-corrected chi connectivity index (χ0v) is 21.6. The first-order valence-electron chi connectivity index (χ1n) is 11.7. The van der Waals surface area contributed by atoms with Crippen molar-refractivity contribution in [1.82, 2.24) is 9.97 Å². The average Bonchev–Trinajstić information content (AvgIpc) is 3.76. The highest BCUT2D eigenvalue weighted by atomic mass is 32.1. The molecule has 0 bridgehead atoms. The van der Waals surface area contributed by atoms with Gasteiger partial charge in [-0.3, -0.25) is 0 Å². The van der Waals surface area contributed by atoms with Crippen molar-refractivity contribution in [1.29, 1.82) is 0 Å². The van der Waals surface area contributed by atoms with Crippen molar-refractivity contribution < 1.29 is 0 Å². The van der Waals surface area contributed by atoms with Gasteiger partial charge in [-0.25, -0.2) is 4.98 Å². The summed E-state index contributed by atoms with van der Waals surface area (Å²) in [5, 5.41) is 7.57. The van der Waals surface area contributed by atoms with Gasteiger partial charge < -0.3 is 4.98 Å². The zero-order chi connectivity index (χ0) is 23.9. The van der Waals surface area contributed by atoms with Gasteiger partial charge in [-0.05, 0) is 45.5 Å². The van der Waals surface area contributed by atoms with E-state index in [-0.39, 0.29) is 0 Å². The minimum Gasteiger partial charge on any atom is -0.353 e. The Balaban J connectivity index is 1.71. The molecule has 0 amide bonds. The molecule has 5 heteroatoms. The van der Waals surface area contributed by atoms with Crippen LogP contribution >= 0.6 is 34.0 Å². The molecular weight excluding hydrogens is 497 g/mol. The molecule has 2 aromatic carbocycles. The number of nitrogens with zero attached hydrogens (tertiary/aromatic N) is 1. The Morgan fingerprint density at radius 3 is 1.58 bits per heavy atom. The van der Waals surface area contributed by atoms with Crippen LogP contribution in [-0.4, -0.2) is 9.97 Å². The molecule has 7 aromatic rings. The van der Waals surface area contributed by atoms with Crippen molar-refractivity contribution in [3.63, 3.8) is 0 Å². The Hall–Kier alpha value is -3.77. The third-order valence-electron chi connectivity index (χ3n) is 6.35. The Morgan fingerprint density at radius 1 is 0.500 bits per heavy atom. The molecule has 172 valence electrons. The number of benzene rings is 2. The van der Waals surface area contributed by atoms with Gasteiger partial charge >= 0.3 is 0 Å². The number of hydrogen-bond donors (Lipinski definition) is 1. The highest BCUT2D eigenvalue weighted by Gasteiger charge is 2.26. The summed E-state index contributed by atoms with van der Waals surface area (Å²) in [4.78, 5) is 12.9. The predicted molar refractivity (Wildman–Crippen MR) is 157 cm³/mol. The predicted octanol–water partition coefficient (Wildman–Crippen LogP) is 10.1. The smallest absolute Gasteiger partial charge is 0.0910 e. The SMILES string of the molecule is c1ccc(-c2c(-c3cccs3)nc(-c3cccs3)c3c(-c4ccccc4)c(-c4cccs4)[nH]c23)cc1. The van der Waals surface area contributed by atoms with Crippen LogP contribution in [0.15, 0.2) is 113 Å². The van der Waals surface area contributed by atoms with E-state index in [1.165, 1.54) is 31.1 Å². The summed E-state index contributed by atoms with van der Waals surface area (Å²) in [6.45, 7) is 0. The van der Waals surface area contributed by atoms with Gasteiger partial charge in [-0.2, -0.15) is 0 Å². The van der Waals surface area contributed by atoms with Gasteiger partial charge in [-0.1, -0.05) is 78.9 Å². The van der Waals surface area contributed by atoms with Gasteiger partial charge in [0.15, 0.2) is 0 Å². The molecule has 0 atom stereocenters. The van der Waals surface area contributed by atoms with E-state index in [0.717, 1.165) is 33.7 Å². The first kappa shape index (κ1) is 21.5. The summed E-state index contributed by atoms with van der Waals surface area (Å²) in [6, 6.07) is 34.2. The van der Waals surface area contributed by atoms with E-state index in [9.17, 15) is 0 Å². The van der Waals surface area contributed by atoms with Crippen LogP contribution in [0.3, 0.4) is 0 Å². The van der Waals surface area contributed by atoms with Crippen LogP contribution in [0, 0.1) is 0 Å². The second kappa shape index (κ2) is 9.03. The van der Waals surface area contributed by atoms with E-state index < -0.39 is 0 Å². The average molecular weight is 517 g/mol. The lowest BCUT2D eigenvalue weighted by molar-refractivity contribution is 1.37. The summed E-state index contributed by atoms with van der Waals surface area (Å²) < 4.78 is 0. The molecule has 0 aliphatic carbocycles. The lowest BCUT2D eigenvalue weighted by atomic mass is 9.95. The number of aromatic nitrogens is 2. The second-order valence-corrected chi connectivity index (χ2v) is 11.3. The third-order valence-corrected chi connectivity index (χ3v) is 8.99. The molecule has 0 unspecified atom stereocenters.